The van der Waals surface area contributed by atoms with Gasteiger partial charge >= 0.3 is 0 Å². The molecule has 1 aliphatic carbocycles. The fourth-order valence-electron chi connectivity index (χ4n) is 5.28. The van der Waals surface area contributed by atoms with Gasteiger partial charge in [0.2, 0.25) is 12.1 Å². The van der Waals surface area contributed by atoms with Gasteiger partial charge in [0.25, 0.3) is 0 Å². The third-order valence-electron chi connectivity index (χ3n) is 7.05. The summed E-state index contributed by atoms with van der Waals surface area (Å²) in [5, 5.41) is 14.3. The second kappa shape index (κ2) is 8.38. The van der Waals surface area contributed by atoms with E-state index in [0.29, 0.717) is 17.7 Å². The van der Waals surface area contributed by atoms with Gasteiger partial charge in [0, 0.05) is 11.1 Å². The Kier molecular flexibility index (Phi) is 5.06. The predicted octanol–water partition coefficient (Wildman–Crippen LogP) is 6.48. The van der Waals surface area contributed by atoms with Gasteiger partial charge in [-0.05, 0) is 70.3 Å². The highest BCUT2D eigenvalue weighted by Crippen LogP contribution is 2.45. The molecule has 0 saturated heterocycles. The van der Waals surface area contributed by atoms with Crippen LogP contribution in [0.3, 0.4) is 0 Å². The molecule has 0 spiro atoms. The number of aromatic hydroxyl groups is 1. The molecular formula is C30H26N2O2. The van der Waals surface area contributed by atoms with Crippen molar-refractivity contribution in [3.8, 4) is 16.9 Å². The van der Waals surface area contributed by atoms with Gasteiger partial charge in [0.1, 0.15) is 5.75 Å². The van der Waals surface area contributed by atoms with E-state index in [1.54, 1.807) is 18.2 Å². The van der Waals surface area contributed by atoms with Crippen molar-refractivity contribution < 1.29 is 9.84 Å². The van der Waals surface area contributed by atoms with Gasteiger partial charge in [-0.3, -0.25) is 5.43 Å². The van der Waals surface area contributed by atoms with E-state index >= 15 is 0 Å². The zero-order valence-electron chi connectivity index (χ0n) is 19.0. The van der Waals surface area contributed by atoms with Gasteiger partial charge in [0.15, 0.2) is 0 Å². The van der Waals surface area contributed by atoms with Crippen molar-refractivity contribution in [2.24, 2.45) is 5.10 Å². The second-order valence-corrected chi connectivity index (χ2v) is 9.11. The lowest BCUT2D eigenvalue weighted by atomic mass is 9.80. The molecule has 3 atom stereocenters. The molecule has 2 N–H and O–H groups in total. The molecule has 0 radical (unpaired) electrons. The van der Waals surface area contributed by atoms with Gasteiger partial charge in [-0.25, -0.2) is 0 Å². The average molecular weight is 447 g/mol. The Labute approximate surface area is 199 Å². The fourth-order valence-corrected chi connectivity index (χ4v) is 5.28. The van der Waals surface area contributed by atoms with Gasteiger partial charge in [0.05, 0.1) is 0 Å². The van der Waals surface area contributed by atoms with Crippen molar-refractivity contribution in [1.82, 2.24) is 5.43 Å². The summed E-state index contributed by atoms with van der Waals surface area (Å²) in [6.07, 6.45) is 0.564. The molecule has 168 valence electrons. The number of nitrogens with one attached hydrogen (secondary N) is 1. The first-order chi connectivity index (χ1) is 16.7. The van der Waals surface area contributed by atoms with Gasteiger partial charge in [-0.2, -0.15) is 0 Å². The first kappa shape index (κ1) is 20.5. The van der Waals surface area contributed by atoms with E-state index in [4.69, 9.17) is 4.74 Å². The van der Waals surface area contributed by atoms with Crippen LogP contribution in [0.15, 0.2) is 102 Å². The van der Waals surface area contributed by atoms with E-state index < -0.39 is 6.23 Å². The molecule has 3 unspecified atom stereocenters. The summed E-state index contributed by atoms with van der Waals surface area (Å²) in [5.74, 6) is 1.48. The van der Waals surface area contributed by atoms with E-state index in [1.165, 1.54) is 27.8 Å². The summed E-state index contributed by atoms with van der Waals surface area (Å²) in [4.78, 5) is 0. The van der Waals surface area contributed by atoms with Crippen LogP contribution < -0.4 is 5.43 Å². The Hall–Kier alpha value is -4.05. The molecular weight excluding hydrogens is 420 g/mol. The molecule has 1 aliphatic heterocycles. The number of phenolic OH excluding ortho intramolecular Hbond substituents is 1. The van der Waals surface area contributed by atoms with E-state index in [9.17, 15) is 5.11 Å². The number of hydrogen-bond acceptors (Lipinski definition) is 4. The van der Waals surface area contributed by atoms with Crippen LogP contribution in [-0.4, -0.2) is 11.0 Å². The van der Waals surface area contributed by atoms with E-state index in [-0.39, 0.29) is 5.75 Å². The maximum Gasteiger partial charge on any atom is 0.240 e. The zero-order valence-corrected chi connectivity index (χ0v) is 19.0. The molecule has 0 fully saturated rings. The van der Waals surface area contributed by atoms with Crippen LogP contribution in [0.4, 0.5) is 0 Å². The summed E-state index contributed by atoms with van der Waals surface area (Å²) in [5.41, 5.74) is 11.6. The average Bonchev–Trinajstić information content (AvgIpc) is 3.33. The van der Waals surface area contributed by atoms with Crippen molar-refractivity contribution in [2.45, 2.75) is 31.4 Å². The van der Waals surface area contributed by atoms with Gasteiger partial charge in [-0.1, -0.05) is 79.7 Å². The Bertz CT molecular complexity index is 1390. The Balaban J connectivity index is 1.33. The van der Waals surface area contributed by atoms with E-state index in [1.807, 2.05) is 12.1 Å². The van der Waals surface area contributed by atoms with Crippen molar-refractivity contribution in [1.29, 1.82) is 0 Å². The van der Waals surface area contributed by atoms with Crippen LogP contribution >= 0.6 is 0 Å². The SMILES string of the molecule is CC1c2ccccc2-c2ccccc2CC1c1cccc(C2=NNC(c3cccc(O)c3)O2)c1. The van der Waals surface area contributed by atoms with Crippen molar-refractivity contribution in [3.05, 3.63) is 125 Å². The number of ether oxygens (including phenoxy) is 1. The van der Waals surface area contributed by atoms with Crippen LogP contribution in [0, 0.1) is 0 Å². The van der Waals surface area contributed by atoms with Gasteiger partial charge in [-0.15, -0.1) is 5.10 Å². The van der Waals surface area contributed by atoms with Crippen LogP contribution in [0.2, 0.25) is 0 Å². The monoisotopic (exact) mass is 446 g/mol. The molecule has 0 bridgehead atoms. The quantitative estimate of drug-likeness (QED) is 0.379. The molecule has 4 nitrogen and oxygen atoms in total. The van der Waals surface area contributed by atoms with Crippen LogP contribution in [0.25, 0.3) is 11.1 Å². The number of benzene rings is 4. The minimum absolute atomic E-state index is 0.210. The highest BCUT2D eigenvalue weighted by Gasteiger charge is 2.29. The lowest BCUT2D eigenvalue weighted by Gasteiger charge is -2.24. The third-order valence-corrected chi connectivity index (χ3v) is 7.05. The second-order valence-electron chi connectivity index (χ2n) is 9.11. The zero-order chi connectivity index (χ0) is 23.1. The van der Waals surface area contributed by atoms with Gasteiger partial charge < -0.3 is 9.84 Å². The van der Waals surface area contributed by atoms with E-state index in [0.717, 1.165) is 17.5 Å². The number of phenols is 1. The molecule has 0 amide bonds. The highest BCUT2D eigenvalue weighted by molar-refractivity contribution is 5.95. The smallest absolute Gasteiger partial charge is 0.240 e. The first-order valence-corrected chi connectivity index (χ1v) is 11.7. The fraction of sp³-hybridized carbons (Fsp3) is 0.167. The summed E-state index contributed by atoms with van der Waals surface area (Å²) < 4.78 is 6.12. The molecule has 4 aromatic rings. The maximum atomic E-state index is 9.80. The third kappa shape index (κ3) is 3.61. The molecule has 0 aromatic heterocycles. The largest absolute Gasteiger partial charge is 0.508 e. The van der Waals surface area contributed by atoms with Crippen molar-refractivity contribution >= 4 is 5.90 Å². The summed E-state index contributed by atoms with van der Waals surface area (Å²) in [6, 6.07) is 33.2. The summed E-state index contributed by atoms with van der Waals surface area (Å²) in [6.45, 7) is 2.34. The first-order valence-electron chi connectivity index (χ1n) is 11.7. The minimum Gasteiger partial charge on any atom is -0.508 e. The predicted molar refractivity (Wildman–Crippen MR) is 135 cm³/mol. The van der Waals surface area contributed by atoms with Crippen molar-refractivity contribution in [3.63, 3.8) is 0 Å². The Morgan fingerprint density at radius 3 is 2.47 bits per heavy atom. The van der Waals surface area contributed by atoms with Crippen LogP contribution in [0.1, 0.15) is 52.8 Å². The number of hydrazone groups is 1. The summed E-state index contributed by atoms with van der Waals surface area (Å²) in [7, 11) is 0. The lowest BCUT2D eigenvalue weighted by molar-refractivity contribution is 0.191. The number of rotatable bonds is 3. The molecule has 6 rings (SSSR count). The lowest BCUT2D eigenvalue weighted by Crippen LogP contribution is -2.13. The molecule has 4 aromatic carbocycles. The normalized spacial score (nSPS) is 20.9. The maximum absolute atomic E-state index is 9.80. The van der Waals surface area contributed by atoms with E-state index in [2.05, 4.69) is 84.2 Å². The Morgan fingerprint density at radius 1 is 0.824 bits per heavy atom. The molecule has 2 aliphatic rings. The highest BCUT2D eigenvalue weighted by atomic mass is 16.5. The molecule has 1 heterocycles. The van der Waals surface area contributed by atoms with Crippen molar-refractivity contribution in [2.75, 3.05) is 0 Å². The topological polar surface area (TPSA) is 53.9 Å². The number of fused-ring (bicyclic) bond motifs is 3. The molecule has 34 heavy (non-hydrogen) atoms. The summed E-state index contributed by atoms with van der Waals surface area (Å²) >= 11 is 0. The standard InChI is InChI=1S/C30H26N2O2/c1-19-25-13-4-5-15-27(25)26-14-3-2-8-21(26)18-28(19)20-9-6-10-22(16-20)29-31-32-30(34-29)23-11-7-12-24(33)17-23/h2-17,19,28,30,32-33H,18H2,1H3. The number of nitrogens with zero attached hydrogens (tertiary/aromatic N) is 1. The number of hydrogen-bond donors (Lipinski definition) is 2. The molecule has 4 heteroatoms. The molecule has 0 saturated carbocycles. The van der Waals surface area contributed by atoms with Crippen LogP contribution in [0.5, 0.6) is 5.75 Å². The van der Waals surface area contributed by atoms with Crippen LogP contribution in [-0.2, 0) is 11.2 Å². The Morgan fingerprint density at radius 2 is 1.59 bits per heavy atom. The minimum atomic E-state index is -0.415.